The second-order valence-electron chi connectivity index (χ2n) is 9.20. The van der Waals surface area contributed by atoms with Crippen molar-refractivity contribution in [3.63, 3.8) is 0 Å². The van der Waals surface area contributed by atoms with Gasteiger partial charge in [0, 0.05) is 28.7 Å². The molecule has 2 aliphatic rings. The van der Waals surface area contributed by atoms with Crippen molar-refractivity contribution in [2.75, 3.05) is 26.8 Å². The second kappa shape index (κ2) is 8.27. The Morgan fingerprint density at radius 1 is 1.12 bits per heavy atom. The molecule has 6 heteroatoms. The highest BCUT2D eigenvalue weighted by Crippen LogP contribution is 2.38. The Kier molecular flexibility index (Phi) is 5.10. The Balaban J connectivity index is 1.10. The number of pyridine rings is 1. The molecule has 1 aliphatic heterocycles. The molecular weight excluding hydrogens is 414 g/mol. The Labute approximate surface area is 193 Å². The molecule has 0 fully saturated rings. The van der Waals surface area contributed by atoms with E-state index < -0.39 is 0 Å². The lowest BCUT2D eigenvalue weighted by Gasteiger charge is -2.29. The monoisotopic (exact) mass is 443 g/mol. The van der Waals surface area contributed by atoms with Crippen LogP contribution in [-0.4, -0.2) is 42.9 Å². The van der Waals surface area contributed by atoms with E-state index in [4.69, 9.17) is 14.2 Å². The van der Waals surface area contributed by atoms with Crippen LogP contribution in [-0.2, 0) is 12.8 Å². The van der Waals surface area contributed by atoms with Crippen molar-refractivity contribution in [2.24, 2.45) is 5.92 Å². The van der Waals surface area contributed by atoms with E-state index in [2.05, 4.69) is 33.5 Å². The van der Waals surface area contributed by atoms with Crippen LogP contribution in [0.1, 0.15) is 23.4 Å². The van der Waals surface area contributed by atoms with Gasteiger partial charge in [0.15, 0.2) is 11.5 Å². The summed E-state index contributed by atoms with van der Waals surface area (Å²) in [5, 5.41) is 5.96. The number of methoxy groups -OCH3 is 1. The third-order valence-electron chi connectivity index (χ3n) is 6.95. The number of hydrogen-bond acceptors (Lipinski definition) is 5. The first-order valence-electron chi connectivity index (χ1n) is 11.8. The van der Waals surface area contributed by atoms with Crippen molar-refractivity contribution in [1.29, 1.82) is 0 Å². The molecule has 0 radical (unpaired) electrons. The summed E-state index contributed by atoms with van der Waals surface area (Å²) in [4.78, 5) is 8.22. The molecule has 2 atom stereocenters. The number of aromatic nitrogens is 2. The summed E-state index contributed by atoms with van der Waals surface area (Å²) >= 11 is 0. The van der Waals surface area contributed by atoms with Crippen LogP contribution < -0.4 is 19.5 Å². The summed E-state index contributed by atoms with van der Waals surface area (Å²) in [5.74, 6) is 3.14. The van der Waals surface area contributed by atoms with Gasteiger partial charge in [-0.2, -0.15) is 0 Å². The van der Waals surface area contributed by atoms with Gasteiger partial charge in [-0.15, -0.1) is 0 Å². The van der Waals surface area contributed by atoms with Crippen LogP contribution in [0.5, 0.6) is 17.2 Å². The number of hydrogen-bond donors (Lipinski definition) is 2. The van der Waals surface area contributed by atoms with Crippen molar-refractivity contribution in [1.82, 2.24) is 15.3 Å². The zero-order valence-corrected chi connectivity index (χ0v) is 19.1. The number of H-pyrrole nitrogens is 1. The smallest absolute Gasteiger partial charge is 0.171 e. The van der Waals surface area contributed by atoms with Crippen LogP contribution in [0.15, 0.2) is 42.5 Å². The highest BCUT2D eigenvalue weighted by atomic mass is 16.6. The number of rotatable bonds is 5. The number of para-hydroxylation sites is 1. The lowest BCUT2D eigenvalue weighted by Crippen LogP contribution is -2.40. The van der Waals surface area contributed by atoms with E-state index in [1.165, 1.54) is 23.1 Å². The molecule has 33 heavy (non-hydrogen) atoms. The van der Waals surface area contributed by atoms with Crippen LogP contribution in [0.4, 0.5) is 0 Å². The fraction of sp³-hybridized carbons (Fsp3) is 0.370. The molecule has 0 spiro atoms. The Hall–Kier alpha value is -3.25. The van der Waals surface area contributed by atoms with E-state index in [-0.39, 0.29) is 6.10 Å². The van der Waals surface area contributed by atoms with Crippen molar-refractivity contribution in [3.05, 3.63) is 59.4 Å². The highest BCUT2D eigenvalue weighted by molar-refractivity contribution is 5.90. The van der Waals surface area contributed by atoms with Crippen molar-refractivity contribution < 1.29 is 14.2 Å². The number of aromatic amines is 1. The first kappa shape index (κ1) is 20.4. The molecule has 6 rings (SSSR count). The maximum absolute atomic E-state index is 6.36. The Bertz CT molecular complexity index is 1330. The number of fused-ring (bicyclic) bond motifs is 6. The molecule has 0 bridgehead atoms. The Morgan fingerprint density at radius 2 is 2.06 bits per heavy atom. The number of nitrogens with one attached hydrogen (secondary N) is 2. The first-order chi connectivity index (χ1) is 16.2. The van der Waals surface area contributed by atoms with Gasteiger partial charge in [-0.05, 0) is 74.5 Å². The number of ether oxygens (including phenoxy) is 3. The third kappa shape index (κ3) is 3.68. The van der Waals surface area contributed by atoms with Gasteiger partial charge in [-0.1, -0.05) is 12.1 Å². The summed E-state index contributed by atoms with van der Waals surface area (Å²) in [5.41, 5.74) is 5.88. The fourth-order valence-electron chi connectivity index (χ4n) is 5.26. The molecule has 3 heterocycles. The SMILES string of the molecule is COc1cccc2c3c([nH]c12)CC[C@H](CNC[C@H]1COc2ccc4nc(C)ccc4c2O1)C3. The van der Waals surface area contributed by atoms with Crippen LogP contribution >= 0.6 is 0 Å². The van der Waals surface area contributed by atoms with Gasteiger partial charge in [-0.25, -0.2) is 0 Å². The molecule has 170 valence electrons. The van der Waals surface area contributed by atoms with E-state index in [0.29, 0.717) is 12.5 Å². The number of aryl methyl sites for hydroxylation is 2. The van der Waals surface area contributed by atoms with E-state index in [0.717, 1.165) is 65.3 Å². The van der Waals surface area contributed by atoms with Crippen LogP contribution in [0, 0.1) is 12.8 Å². The molecule has 4 aromatic rings. The van der Waals surface area contributed by atoms with E-state index >= 15 is 0 Å². The molecule has 2 aromatic carbocycles. The minimum absolute atomic E-state index is 0.0131. The van der Waals surface area contributed by atoms with Gasteiger partial charge in [0.25, 0.3) is 0 Å². The molecule has 1 aliphatic carbocycles. The van der Waals surface area contributed by atoms with E-state index in [1.807, 2.05) is 31.2 Å². The standard InChI is InChI=1S/C27H29N3O3/c1-16-6-8-20-22(29-16)10-11-25-27(20)33-18(15-32-25)14-28-13-17-7-9-23-21(12-17)19-4-3-5-24(31-2)26(19)30-23/h3-6,8,10-11,17-18,28,30H,7,9,12-15H2,1-2H3/t17-,18-/m0/s1. The molecule has 2 aromatic heterocycles. The molecule has 0 amide bonds. The predicted molar refractivity (Wildman–Crippen MR) is 130 cm³/mol. The average Bonchev–Trinajstić information content (AvgIpc) is 3.22. The molecule has 0 saturated carbocycles. The summed E-state index contributed by atoms with van der Waals surface area (Å²) in [6, 6.07) is 14.4. The minimum atomic E-state index is -0.0131. The van der Waals surface area contributed by atoms with Crippen molar-refractivity contribution in [3.8, 4) is 17.2 Å². The second-order valence-corrected chi connectivity index (χ2v) is 9.20. The highest BCUT2D eigenvalue weighted by Gasteiger charge is 2.26. The molecule has 0 unspecified atom stereocenters. The summed E-state index contributed by atoms with van der Waals surface area (Å²) in [6.45, 7) is 4.30. The lowest BCUT2D eigenvalue weighted by atomic mass is 9.86. The summed E-state index contributed by atoms with van der Waals surface area (Å²) < 4.78 is 17.9. The maximum Gasteiger partial charge on any atom is 0.171 e. The Morgan fingerprint density at radius 3 is 2.97 bits per heavy atom. The van der Waals surface area contributed by atoms with Crippen molar-refractivity contribution >= 4 is 21.8 Å². The zero-order valence-electron chi connectivity index (χ0n) is 19.1. The van der Waals surface area contributed by atoms with Gasteiger partial charge < -0.3 is 24.5 Å². The van der Waals surface area contributed by atoms with Gasteiger partial charge in [0.1, 0.15) is 18.5 Å². The van der Waals surface area contributed by atoms with Crippen LogP contribution in [0.25, 0.3) is 21.8 Å². The number of benzene rings is 2. The largest absolute Gasteiger partial charge is 0.495 e. The van der Waals surface area contributed by atoms with Crippen LogP contribution in [0.3, 0.4) is 0 Å². The summed E-state index contributed by atoms with van der Waals surface area (Å²) in [7, 11) is 1.73. The van der Waals surface area contributed by atoms with Crippen LogP contribution in [0.2, 0.25) is 0 Å². The number of nitrogens with zero attached hydrogens (tertiary/aromatic N) is 1. The van der Waals surface area contributed by atoms with Gasteiger partial charge in [-0.3, -0.25) is 4.98 Å². The fourth-order valence-corrected chi connectivity index (χ4v) is 5.26. The third-order valence-corrected chi connectivity index (χ3v) is 6.95. The zero-order chi connectivity index (χ0) is 22.4. The topological polar surface area (TPSA) is 68.4 Å². The normalized spacial score (nSPS) is 19.6. The quantitative estimate of drug-likeness (QED) is 0.473. The van der Waals surface area contributed by atoms with Gasteiger partial charge in [0.2, 0.25) is 0 Å². The van der Waals surface area contributed by atoms with Gasteiger partial charge >= 0.3 is 0 Å². The first-order valence-corrected chi connectivity index (χ1v) is 11.8. The molecular formula is C27H29N3O3. The van der Waals surface area contributed by atoms with Gasteiger partial charge in [0.05, 0.1) is 18.1 Å². The minimum Gasteiger partial charge on any atom is -0.495 e. The van der Waals surface area contributed by atoms with Crippen molar-refractivity contribution in [2.45, 2.75) is 32.3 Å². The van der Waals surface area contributed by atoms with E-state index in [1.54, 1.807) is 7.11 Å². The van der Waals surface area contributed by atoms with E-state index in [9.17, 15) is 0 Å². The average molecular weight is 444 g/mol. The lowest BCUT2D eigenvalue weighted by molar-refractivity contribution is 0.0915. The molecule has 2 N–H and O–H groups in total. The summed E-state index contributed by atoms with van der Waals surface area (Å²) in [6.07, 6.45) is 3.32. The maximum atomic E-state index is 6.36. The molecule has 6 nitrogen and oxygen atoms in total. The predicted octanol–water partition coefficient (Wildman–Crippen LogP) is 4.57. The molecule has 0 saturated heterocycles.